The zero-order chi connectivity index (χ0) is 22.1. The molecule has 2 aromatic carbocycles. The van der Waals surface area contributed by atoms with E-state index in [9.17, 15) is 9.18 Å². The molecule has 0 radical (unpaired) electrons. The third-order valence-electron chi connectivity index (χ3n) is 6.29. The van der Waals surface area contributed by atoms with Gasteiger partial charge >= 0.3 is 0 Å². The first-order valence-corrected chi connectivity index (χ1v) is 11.1. The summed E-state index contributed by atoms with van der Waals surface area (Å²) >= 11 is 0. The van der Waals surface area contributed by atoms with Crippen LogP contribution in [0.25, 0.3) is 10.9 Å². The Hall–Kier alpha value is -3.47. The first-order valence-electron chi connectivity index (χ1n) is 11.1. The van der Waals surface area contributed by atoms with Crippen LogP contribution in [0.1, 0.15) is 47.0 Å². The number of carbonyl (C=O) groups excluding carboxylic acids is 1. The molecule has 1 atom stereocenters. The van der Waals surface area contributed by atoms with Gasteiger partial charge in [0.25, 0.3) is 0 Å². The van der Waals surface area contributed by atoms with Crippen LogP contribution in [-0.2, 0) is 17.6 Å². The van der Waals surface area contributed by atoms with E-state index in [0.29, 0.717) is 12.8 Å². The number of rotatable bonds is 5. The maximum Gasteiger partial charge on any atom is 0.227 e. The third kappa shape index (κ3) is 4.15. The Labute approximate surface area is 187 Å². The van der Waals surface area contributed by atoms with Gasteiger partial charge in [-0.25, -0.2) is 4.39 Å². The van der Waals surface area contributed by atoms with Gasteiger partial charge in [-0.1, -0.05) is 30.3 Å². The Morgan fingerprint density at radius 3 is 2.78 bits per heavy atom. The number of likely N-dealkylation sites (tertiary alicyclic amines) is 1. The van der Waals surface area contributed by atoms with Crippen LogP contribution in [-0.4, -0.2) is 27.3 Å². The molecule has 162 valence electrons. The van der Waals surface area contributed by atoms with Crippen LogP contribution in [0.2, 0.25) is 0 Å². The second kappa shape index (κ2) is 8.58. The first kappa shape index (κ1) is 20.4. The quantitative estimate of drug-likeness (QED) is 0.457. The van der Waals surface area contributed by atoms with Gasteiger partial charge < -0.3 is 9.88 Å². The molecule has 0 spiro atoms. The zero-order valence-electron chi connectivity index (χ0n) is 18.1. The number of aryl methyl sites for hydroxylation is 1. The summed E-state index contributed by atoms with van der Waals surface area (Å²) in [6.07, 6.45) is 4.94. The summed E-state index contributed by atoms with van der Waals surface area (Å²) in [6, 6.07) is 18.9. The molecule has 1 aliphatic heterocycles. The molecule has 4 nitrogen and oxygen atoms in total. The molecule has 0 aliphatic carbocycles. The van der Waals surface area contributed by atoms with E-state index in [1.165, 1.54) is 12.1 Å². The van der Waals surface area contributed by atoms with Crippen molar-refractivity contribution in [3.05, 3.63) is 101 Å². The Kier molecular flexibility index (Phi) is 5.48. The number of benzene rings is 2. The Morgan fingerprint density at radius 2 is 1.94 bits per heavy atom. The second-order valence-corrected chi connectivity index (χ2v) is 8.63. The molecule has 5 heteroatoms. The smallest absolute Gasteiger partial charge is 0.227 e. The van der Waals surface area contributed by atoms with Gasteiger partial charge in [-0.15, -0.1) is 0 Å². The summed E-state index contributed by atoms with van der Waals surface area (Å²) < 4.78 is 13.2. The average molecular weight is 428 g/mol. The average Bonchev–Trinajstić information content (AvgIpc) is 3.43. The molecule has 1 aliphatic rings. The Balaban J connectivity index is 1.37. The number of para-hydroxylation sites is 1. The van der Waals surface area contributed by atoms with Gasteiger partial charge in [0.2, 0.25) is 5.91 Å². The number of hydrogen-bond acceptors (Lipinski definition) is 2. The van der Waals surface area contributed by atoms with Crippen molar-refractivity contribution in [2.75, 3.05) is 6.54 Å². The van der Waals surface area contributed by atoms with Crippen LogP contribution in [0, 0.1) is 12.7 Å². The van der Waals surface area contributed by atoms with E-state index >= 15 is 0 Å². The number of H-pyrrole nitrogens is 1. The molecule has 0 saturated carbocycles. The number of aromatic nitrogens is 2. The lowest BCUT2D eigenvalue weighted by Gasteiger charge is -2.25. The monoisotopic (exact) mass is 427 g/mol. The van der Waals surface area contributed by atoms with Crippen molar-refractivity contribution in [2.24, 2.45) is 0 Å². The van der Waals surface area contributed by atoms with Crippen LogP contribution in [0.15, 0.2) is 66.9 Å². The minimum atomic E-state index is -0.226. The highest BCUT2D eigenvalue weighted by atomic mass is 19.1. The maximum absolute atomic E-state index is 13.3. The molecule has 1 amide bonds. The van der Waals surface area contributed by atoms with Crippen LogP contribution >= 0.6 is 0 Å². The van der Waals surface area contributed by atoms with Gasteiger partial charge in [0.1, 0.15) is 5.82 Å². The lowest BCUT2D eigenvalue weighted by molar-refractivity contribution is -0.131. The van der Waals surface area contributed by atoms with Crippen LogP contribution in [0.4, 0.5) is 4.39 Å². The molecule has 2 aromatic heterocycles. The topological polar surface area (TPSA) is 49.0 Å². The summed E-state index contributed by atoms with van der Waals surface area (Å²) in [5.74, 6) is -0.0868. The Morgan fingerprint density at radius 1 is 1.12 bits per heavy atom. The highest BCUT2D eigenvalue weighted by molar-refractivity contribution is 5.89. The summed E-state index contributed by atoms with van der Waals surface area (Å²) in [5, 5.41) is 1.10. The predicted molar refractivity (Wildman–Crippen MR) is 124 cm³/mol. The second-order valence-electron chi connectivity index (χ2n) is 8.63. The maximum atomic E-state index is 13.3. The minimum absolute atomic E-state index is 0.000395. The highest BCUT2D eigenvalue weighted by Gasteiger charge is 2.31. The summed E-state index contributed by atoms with van der Waals surface area (Å²) in [5.41, 5.74) is 6.17. The number of halogens is 1. The Bertz CT molecular complexity index is 1260. The van der Waals surface area contributed by atoms with E-state index < -0.39 is 0 Å². The molecule has 5 rings (SSSR count). The third-order valence-corrected chi connectivity index (χ3v) is 6.29. The molecular formula is C27H26FN3O. The fraction of sp³-hybridized carbons (Fsp3) is 0.259. The zero-order valence-corrected chi connectivity index (χ0v) is 18.1. The summed E-state index contributed by atoms with van der Waals surface area (Å²) in [4.78, 5) is 23.3. The van der Waals surface area contributed by atoms with E-state index in [1.807, 2.05) is 48.4 Å². The first-order chi connectivity index (χ1) is 15.6. The van der Waals surface area contributed by atoms with E-state index in [0.717, 1.165) is 58.4 Å². The number of hydrogen-bond donors (Lipinski definition) is 1. The standard InChI is InChI=1S/C27H26FN3O/c1-18-13-20(14-19-8-10-22(28)11-9-19)15-25(30-18)26-7-4-12-31(26)27(32)16-21-17-29-24-6-3-2-5-23(21)24/h2-3,5-6,8-11,13,15,17,26,29H,4,7,12,14,16H2,1H3/t26-/m0/s1. The molecule has 4 aromatic rings. The molecule has 3 heterocycles. The van der Waals surface area contributed by atoms with Gasteiger partial charge in [0.05, 0.1) is 18.2 Å². The van der Waals surface area contributed by atoms with Gasteiger partial charge in [-0.2, -0.15) is 0 Å². The van der Waals surface area contributed by atoms with Crippen molar-refractivity contribution < 1.29 is 9.18 Å². The van der Waals surface area contributed by atoms with E-state index in [-0.39, 0.29) is 17.8 Å². The molecule has 1 N–H and O–H groups in total. The molecule has 1 fully saturated rings. The molecule has 32 heavy (non-hydrogen) atoms. The van der Waals surface area contributed by atoms with Gasteiger partial charge in [0.15, 0.2) is 0 Å². The summed E-state index contributed by atoms with van der Waals surface area (Å²) in [6.45, 7) is 2.75. The normalized spacial score (nSPS) is 16.1. The van der Waals surface area contributed by atoms with Gasteiger partial charge in [0, 0.05) is 29.3 Å². The van der Waals surface area contributed by atoms with Crippen LogP contribution < -0.4 is 0 Å². The number of nitrogens with zero attached hydrogens (tertiary/aromatic N) is 2. The number of fused-ring (bicyclic) bond motifs is 1. The number of aromatic amines is 1. The van der Waals surface area contributed by atoms with E-state index in [1.54, 1.807) is 0 Å². The van der Waals surface area contributed by atoms with E-state index in [4.69, 9.17) is 4.98 Å². The molecule has 1 saturated heterocycles. The lowest BCUT2D eigenvalue weighted by atomic mass is 10.0. The highest BCUT2D eigenvalue weighted by Crippen LogP contribution is 2.33. The number of carbonyl (C=O) groups is 1. The number of nitrogens with one attached hydrogen (secondary N) is 1. The van der Waals surface area contributed by atoms with Crippen molar-refractivity contribution in [3.63, 3.8) is 0 Å². The molecule has 0 unspecified atom stereocenters. The largest absolute Gasteiger partial charge is 0.361 e. The molecular weight excluding hydrogens is 401 g/mol. The predicted octanol–water partition coefficient (Wildman–Crippen LogP) is 5.51. The van der Waals surface area contributed by atoms with Crippen molar-refractivity contribution >= 4 is 16.8 Å². The van der Waals surface area contributed by atoms with Crippen molar-refractivity contribution in [1.82, 2.24) is 14.9 Å². The summed E-state index contributed by atoms with van der Waals surface area (Å²) in [7, 11) is 0. The van der Waals surface area contributed by atoms with Crippen molar-refractivity contribution in [3.8, 4) is 0 Å². The van der Waals surface area contributed by atoms with E-state index in [2.05, 4.69) is 23.2 Å². The van der Waals surface area contributed by atoms with Crippen molar-refractivity contribution in [2.45, 2.75) is 38.6 Å². The fourth-order valence-corrected chi connectivity index (χ4v) is 4.79. The lowest BCUT2D eigenvalue weighted by Crippen LogP contribution is -2.32. The number of amides is 1. The number of pyridine rings is 1. The molecule has 0 bridgehead atoms. The van der Waals surface area contributed by atoms with Gasteiger partial charge in [-0.3, -0.25) is 9.78 Å². The fourth-order valence-electron chi connectivity index (χ4n) is 4.79. The SMILES string of the molecule is Cc1cc(Cc2ccc(F)cc2)cc([C@@H]2CCCN2C(=O)Cc2c[nH]c3ccccc23)n1. The van der Waals surface area contributed by atoms with Crippen molar-refractivity contribution in [1.29, 1.82) is 0 Å². The minimum Gasteiger partial charge on any atom is -0.361 e. The van der Waals surface area contributed by atoms with Crippen LogP contribution in [0.3, 0.4) is 0 Å². The van der Waals surface area contributed by atoms with Gasteiger partial charge in [-0.05, 0) is 73.2 Å². The van der Waals surface area contributed by atoms with Crippen LogP contribution in [0.5, 0.6) is 0 Å².